The summed E-state index contributed by atoms with van der Waals surface area (Å²) in [6.07, 6.45) is 9.63. The van der Waals surface area contributed by atoms with Crippen LogP contribution >= 0.6 is 0 Å². The summed E-state index contributed by atoms with van der Waals surface area (Å²) in [5.41, 5.74) is -0.318. The molecule has 2 heterocycles. The molecule has 0 bridgehead atoms. The third-order valence-electron chi connectivity index (χ3n) is 5.06. The molecule has 0 spiro atoms. The van der Waals surface area contributed by atoms with E-state index in [1.807, 2.05) is 0 Å². The molecule has 36 heavy (non-hydrogen) atoms. The van der Waals surface area contributed by atoms with Crippen molar-refractivity contribution < 1.29 is 25.9 Å². The molecule has 186 valence electrons. The van der Waals surface area contributed by atoms with E-state index in [1.165, 1.54) is 24.3 Å². The first-order chi connectivity index (χ1) is 17.1. The van der Waals surface area contributed by atoms with Crippen molar-refractivity contribution in [1.29, 1.82) is 0 Å². The molecule has 4 rings (SSSR count). The first-order valence-corrected chi connectivity index (χ1v) is 12.9. The number of nitrogens with zero attached hydrogens (tertiary/aromatic N) is 6. The maximum absolute atomic E-state index is 12.9. The van der Waals surface area contributed by atoms with Crippen LogP contribution in [0.1, 0.15) is 5.56 Å². The van der Waals surface area contributed by atoms with E-state index in [2.05, 4.69) is 40.5 Å². The summed E-state index contributed by atoms with van der Waals surface area (Å²) in [6, 6.07) is 8.59. The standard InChI is InChI=1S/C20H18N8O6S2/c29-35(30,31)20(36(32,33)34)15(7-6-14-4-2-1-3-5-14)8-9-16(27-18-23-10-21-11-24-18)17(20)28-19-25-12-22-13-26-19/h1-13,15H,(H,29,30,31)(H,32,33,34)(H,21,23,24,27)(H,22,25,26,28). The van der Waals surface area contributed by atoms with Gasteiger partial charge in [0.2, 0.25) is 11.9 Å². The normalized spacial score (nSPS) is 17.8. The second-order valence-electron chi connectivity index (χ2n) is 7.23. The first-order valence-electron chi connectivity index (χ1n) is 10.0. The molecule has 16 heteroatoms. The third kappa shape index (κ3) is 4.82. The fraction of sp³-hybridized carbons (Fsp3) is 0.100. The number of nitrogens with one attached hydrogen (secondary N) is 2. The number of rotatable bonds is 8. The van der Waals surface area contributed by atoms with Gasteiger partial charge in [-0.1, -0.05) is 48.6 Å². The second kappa shape index (κ2) is 9.86. The summed E-state index contributed by atoms with van der Waals surface area (Å²) in [5.74, 6) is -1.97. The quantitative estimate of drug-likeness (QED) is 0.301. The molecule has 1 aromatic carbocycles. The fourth-order valence-corrected chi connectivity index (χ4v) is 6.47. The van der Waals surface area contributed by atoms with Crippen LogP contribution in [-0.2, 0) is 20.2 Å². The minimum atomic E-state index is -5.62. The molecule has 4 N–H and O–H groups in total. The molecule has 0 radical (unpaired) electrons. The predicted molar refractivity (Wildman–Crippen MR) is 128 cm³/mol. The van der Waals surface area contributed by atoms with Gasteiger partial charge in [-0.05, 0) is 11.6 Å². The Labute approximate surface area is 205 Å². The highest BCUT2D eigenvalue weighted by molar-refractivity contribution is 8.05. The molecule has 0 aliphatic heterocycles. The lowest BCUT2D eigenvalue weighted by Crippen LogP contribution is -2.56. The van der Waals surface area contributed by atoms with Crippen molar-refractivity contribution in [3.63, 3.8) is 0 Å². The van der Waals surface area contributed by atoms with Crippen molar-refractivity contribution in [1.82, 2.24) is 29.9 Å². The van der Waals surface area contributed by atoms with Crippen molar-refractivity contribution in [2.75, 3.05) is 10.6 Å². The summed E-state index contributed by atoms with van der Waals surface area (Å²) >= 11 is 0. The second-order valence-corrected chi connectivity index (χ2v) is 10.7. The van der Waals surface area contributed by atoms with E-state index in [-0.39, 0.29) is 17.6 Å². The Kier molecular flexibility index (Phi) is 6.84. The van der Waals surface area contributed by atoms with Crippen LogP contribution in [0.3, 0.4) is 0 Å². The Morgan fingerprint density at radius 2 is 1.33 bits per heavy atom. The number of benzene rings is 1. The molecule has 14 nitrogen and oxygen atoms in total. The minimum absolute atomic E-state index is 0.0857. The molecule has 1 unspecified atom stereocenters. The van der Waals surface area contributed by atoms with Gasteiger partial charge in [0.05, 0.1) is 11.4 Å². The zero-order valence-corrected chi connectivity index (χ0v) is 19.7. The molecule has 0 fully saturated rings. The van der Waals surface area contributed by atoms with Crippen molar-refractivity contribution in [2.45, 2.75) is 4.08 Å². The smallest absolute Gasteiger partial charge is 0.294 e. The molecule has 0 amide bonds. The Morgan fingerprint density at radius 3 is 1.86 bits per heavy atom. The van der Waals surface area contributed by atoms with Gasteiger partial charge in [-0.15, -0.1) is 0 Å². The summed E-state index contributed by atoms with van der Waals surface area (Å²) in [5, 5.41) is 5.17. The summed E-state index contributed by atoms with van der Waals surface area (Å²) < 4.78 is 69.1. The topological polar surface area (TPSA) is 210 Å². The van der Waals surface area contributed by atoms with E-state index in [1.54, 1.807) is 30.3 Å². The summed E-state index contributed by atoms with van der Waals surface area (Å²) in [6.45, 7) is 0. The third-order valence-corrected chi connectivity index (χ3v) is 8.81. The molecule has 3 aromatic rings. The summed E-state index contributed by atoms with van der Waals surface area (Å²) in [7, 11) is -11.2. The van der Waals surface area contributed by atoms with Gasteiger partial charge in [0.15, 0.2) is 0 Å². The number of hydrogen-bond donors (Lipinski definition) is 4. The number of anilines is 2. The van der Waals surface area contributed by atoms with Crippen molar-refractivity contribution in [3.8, 4) is 0 Å². The average Bonchev–Trinajstić information content (AvgIpc) is 2.84. The molecule has 1 atom stereocenters. The van der Waals surface area contributed by atoms with Crippen LogP contribution in [0.25, 0.3) is 6.08 Å². The van der Waals surface area contributed by atoms with Crippen LogP contribution in [0.5, 0.6) is 0 Å². The Bertz CT molecular complexity index is 1500. The van der Waals surface area contributed by atoms with Crippen LogP contribution in [0, 0.1) is 5.92 Å². The molecule has 1 aliphatic rings. The van der Waals surface area contributed by atoms with Gasteiger partial charge in [0.1, 0.15) is 25.3 Å². The van der Waals surface area contributed by atoms with Gasteiger partial charge < -0.3 is 10.6 Å². The van der Waals surface area contributed by atoms with Crippen LogP contribution in [0.2, 0.25) is 0 Å². The molecular formula is C20H18N8O6S2. The van der Waals surface area contributed by atoms with E-state index in [4.69, 9.17) is 0 Å². The molecule has 2 aromatic heterocycles. The SMILES string of the molecule is O=S(=O)(O)C1(S(=O)(=O)O)C(Nc2ncncn2)=C(Nc2ncncn2)C=CC1C=Cc1ccccc1. The Morgan fingerprint density at radius 1 is 0.806 bits per heavy atom. The lowest BCUT2D eigenvalue weighted by molar-refractivity contribution is 0.419. The van der Waals surface area contributed by atoms with Crippen LogP contribution < -0.4 is 10.6 Å². The van der Waals surface area contributed by atoms with Crippen LogP contribution in [0.4, 0.5) is 11.9 Å². The van der Waals surface area contributed by atoms with Crippen LogP contribution in [-0.4, -0.2) is 59.9 Å². The number of aromatic nitrogens is 6. The molecule has 0 saturated heterocycles. The Balaban J connectivity index is 1.97. The maximum Gasteiger partial charge on any atom is 0.294 e. The van der Waals surface area contributed by atoms with Crippen molar-refractivity contribution >= 4 is 38.2 Å². The largest absolute Gasteiger partial charge is 0.323 e. The van der Waals surface area contributed by atoms with Gasteiger partial charge in [0, 0.05) is 5.92 Å². The molecule has 0 saturated carbocycles. The van der Waals surface area contributed by atoms with Gasteiger partial charge in [-0.2, -0.15) is 16.8 Å². The van der Waals surface area contributed by atoms with Crippen molar-refractivity contribution in [3.05, 3.63) is 90.8 Å². The van der Waals surface area contributed by atoms with E-state index in [9.17, 15) is 25.9 Å². The highest BCUT2D eigenvalue weighted by atomic mass is 32.3. The Hall–Kier alpha value is -4.12. The number of hydrogen-bond acceptors (Lipinski definition) is 12. The van der Waals surface area contributed by atoms with Gasteiger partial charge in [0.25, 0.3) is 24.3 Å². The van der Waals surface area contributed by atoms with E-state index >= 15 is 0 Å². The zero-order valence-electron chi connectivity index (χ0n) is 18.1. The van der Waals surface area contributed by atoms with Gasteiger partial charge >= 0.3 is 0 Å². The lowest BCUT2D eigenvalue weighted by atomic mass is 9.93. The van der Waals surface area contributed by atoms with Gasteiger partial charge in [-0.25, -0.2) is 29.9 Å². The van der Waals surface area contributed by atoms with E-state index < -0.39 is 35.9 Å². The monoisotopic (exact) mass is 530 g/mol. The van der Waals surface area contributed by atoms with Gasteiger partial charge in [-0.3, -0.25) is 9.11 Å². The lowest BCUT2D eigenvalue weighted by Gasteiger charge is -2.37. The van der Waals surface area contributed by atoms with Crippen molar-refractivity contribution in [2.24, 2.45) is 5.92 Å². The van der Waals surface area contributed by atoms with Crippen LogP contribution in [0.15, 0.2) is 85.3 Å². The molecule has 1 aliphatic carbocycles. The van der Waals surface area contributed by atoms with E-state index in [0.717, 1.165) is 25.3 Å². The summed E-state index contributed by atoms with van der Waals surface area (Å²) in [4.78, 5) is 22.7. The predicted octanol–water partition coefficient (Wildman–Crippen LogP) is 1.16. The first kappa shape index (κ1) is 25.0. The highest BCUT2D eigenvalue weighted by Gasteiger charge is 2.64. The number of allylic oxidation sites excluding steroid dienone is 3. The van der Waals surface area contributed by atoms with E-state index in [0.29, 0.717) is 5.56 Å². The highest BCUT2D eigenvalue weighted by Crippen LogP contribution is 2.45. The molecular weight excluding hydrogens is 512 g/mol. The average molecular weight is 531 g/mol. The maximum atomic E-state index is 12.9. The minimum Gasteiger partial charge on any atom is -0.323 e. The zero-order chi connectivity index (χ0) is 25.8. The fourth-order valence-electron chi connectivity index (χ4n) is 3.57.